The number of carbonyl (C=O) groups is 2. The molecule has 1 amide bonds. The van der Waals surface area contributed by atoms with Gasteiger partial charge < -0.3 is 15.8 Å². The minimum Gasteiger partial charge on any atom is -0.452 e. The predicted octanol–water partition coefficient (Wildman–Crippen LogP) is 2.35. The summed E-state index contributed by atoms with van der Waals surface area (Å²) in [7, 11) is 0. The first kappa shape index (κ1) is 16.5. The van der Waals surface area contributed by atoms with E-state index >= 15 is 0 Å². The van der Waals surface area contributed by atoms with Crippen molar-refractivity contribution in [1.29, 1.82) is 0 Å². The molecule has 0 spiro atoms. The van der Waals surface area contributed by atoms with Gasteiger partial charge >= 0.3 is 5.97 Å². The molecule has 5 nitrogen and oxygen atoms in total. The summed E-state index contributed by atoms with van der Waals surface area (Å²) in [5.74, 6) is -0.360. The van der Waals surface area contributed by atoms with Gasteiger partial charge in [-0.2, -0.15) is 0 Å². The number of nitrogen functional groups attached to an aromatic ring is 1. The first-order chi connectivity index (χ1) is 9.38. The van der Waals surface area contributed by atoms with Crippen LogP contribution in [0.25, 0.3) is 0 Å². The fraction of sp³-hybridized carbons (Fsp3) is 0.429. The van der Waals surface area contributed by atoms with Gasteiger partial charge in [0.15, 0.2) is 6.61 Å². The predicted molar refractivity (Wildman–Crippen MR) is 81.3 cm³/mol. The van der Waals surface area contributed by atoms with Crippen LogP contribution in [0.3, 0.4) is 0 Å². The standard InChI is InChI=1S/C14H19BrN2O3/c1-9(2)3-4-17-13(18)8-20-14(19)10-5-11(15)7-12(16)6-10/h5-7,9H,3-4,8,16H2,1-2H3,(H,17,18). The number of esters is 1. The lowest BCUT2D eigenvalue weighted by molar-refractivity contribution is -0.124. The highest BCUT2D eigenvalue weighted by Crippen LogP contribution is 2.17. The van der Waals surface area contributed by atoms with Gasteiger partial charge in [0.2, 0.25) is 0 Å². The van der Waals surface area contributed by atoms with Gasteiger partial charge in [0.05, 0.1) is 5.56 Å². The zero-order chi connectivity index (χ0) is 15.1. The molecule has 0 saturated heterocycles. The van der Waals surface area contributed by atoms with Crippen molar-refractivity contribution in [2.45, 2.75) is 20.3 Å². The lowest BCUT2D eigenvalue weighted by Gasteiger charge is -2.08. The van der Waals surface area contributed by atoms with Crippen molar-refractivity contribution in [3.63, 3.8) is 0 Å². The minimum atomic E-state index is -0.572. The minimum absolute atomic E-state index is 0.288. The number of anilines is 1. The molecule has 0 atom stereocenters. The van der Waals surface area contributed by atoms with Crippen LogP contribution >= 0.6 is 15.9 Å². The van der Waals surface area contributed by atoms with Gasteiger partial charge in [-0.3, -0.25) is 4.79 Å². The molecule has 0 bridgehead atoms. The van der Waals surface area contributed by atoms with Gasteiger partial charge in [-0.15, -0.1) is 0 Å². The fourth-order valence-electron chi connectivity index (χ4n) is 1.50. The lowest BCUT2D eigenvalue weighted by atomic mass is 10.1. The SMILES string of the molecule is CC(C)CCNC(=O)COC(=O)c1cc(N)cc(Br)c1. The Bertz CT molecular complexity index is 469. The first-order valence-electron chi connectivity index (χ1n) is 6.38. The lowest BCUT2D eigenvalue weighted by Crippen LogP contribution is -2.30. The number of benzene rings is 1. The summed E-state index contributed by atoms with van der Waals surface area (Å²) in [6.45, 7) is 4.44. The molecule has 6 heteroatoms. The van der Waals surface area contributed by atoms with Crippen LogP contribution in [0.2, 0.25) is 0 Å². The van der Waals surface area contributed by atoms with E-state index in [2.05, 4.69) is 35.1 Å². The Morgan fingerprint density at radius 3 is 2.65 bits per heavy atom. The molecular weight excluding hydrogens is 324 g/mol. The Labute approximate surface area is 127 Å². The van der Waals surface area contributed by atoms with Crippen LogP contribution in [0.15, 0.2) is 22.7 Å². The number of rotatable bonds is 6. The third kappa shape index (κ3) is 6.06. The van der Waals surface area contributed by atoms with Gasteiger partial charge in [-0.1, -0.05) is 29.8 Å². The zero-order valence-corrected chi connectivity index (χ0v) is 13.2. The Morgan fingerprint density at radius 1 is 1.35 bits per heavy atom. The van der Waals surface area contributed by atoms with Crippen LogP contribution in [0.5, 0.6) is 0 Å². The number of amides is 1. The average Bonchev–Trinajstić information content (AvgIpc) is 2.34. The maximum atomic E-state index is 11.8. The van der Waals surface area contributed by atoms with Gasteiger partial charge in [0.1, 0.15) is 0 Å². The molecule has 1 aromatic rings. The average molecular weight is 343 g/mol. The second kappa shape index (κ2) is 7.89. The highest BCUT2D eigenvalue weighted by atomic mass is 79.9. The van der Waals surface area contributed by atoms with Crippen LogP contribution in [0.4, 0.5) is 5.69 Å². The van der Waals surface area contributed by atoms with Gasteiger partial charge in [-0.05, 0) is 30.5 Å². The summed E-state index contributed by atoms with van der Waals surface area (Å²) in [6, 6.07) is 4.77. The third-order valence-electron chi connectivity index (χ3n) is 2.53. The summed E-state index contributed by atoms with van der Waals surface area (Å²) in [4.78, 5) is 23.2. The van der Waals surface area contributed by atoms with E-state index in [9.17, 15) is 9.59 Å². The topological polar surface area (TPSA) is 81.4 Å². The molecule has 0 radical (unpaired) electrons. The van der Waals surface area contributed by atoms with Gasteiger partial charge in [-0.25, -0.2) is 4.79 Å². The highest BCUT2D eigenvalue weighted by molar-refractivity contribution is 9.10. The van der Waals surface area contributed by atoms with E-state index in [-0.39, 0.29) is 12.5 Å². The Kier molecular flexibility index (Phi) is 6.51. The van der Waals surface area contributed by atoms with Gasteiger partial charge in [0, 0.05) is 16.7 Å². The molecule has 0 saturated carbocycles. The van der Waals surface area contributed by atoms with E-state index in [0.717, 1.165) is 6.42 Å². The second-order valence-electron chi connectivity index (χ2n) is 4.88. The Morgan fingerprint density at radius 2 is 2.05 bits per heavy atom. The van der Waals surface area contributed by atoms with E-state index in [1.165, 1.54) is 6.07 Å². The van der Waals surface area contributed by atoms with E-state index in [4.69, 9.17) is 10.5 Å². The Balaban J connectivity index is 2.41. The second-order valence-corrected chi connectivity index (χ2v) is 5.80. The third-order valence-corrected chi connectivity index (χ3v) is 2.99. The number of hydrogen-bond donors (Lipinski definition) is 2. The number of halogens is 1. The molecular formula is C14H19BrN2O3. The van der Waals surface area contributed by atoms with Crippen LogP contribution in [0, 0.1) is 5.92 Å². The van der Waals surface area contributed by atoms with E-state index in [0.29, 0.717) is 28.2 Å². The number of nitrogens with one attached hydrogen (secondary N) is 1. The molecule has 0 heterocycles. The largest absolute Gasteiger partial charge is 0.452 e. The molecule has 1 aromatic carbocycles. The zero-order valence-electron chi connectivity index (χ0n) is 11.6. The molecule has 110 valence electrons. The number of carbonyl (C=O) groups excluding carboxylic acids is 2. The fourth-order valence-corrected chi connectivity index (χ4v) is 2.01. The summed E-state index contributed by atoms with van der Waals surface area (Å²) in [6.07, 6.45) is 0.891. The van der Waals surface area contributed by atoms with Crippen LogP contribution in [-0.4, -0.2) is 25.0 Å². The monoisotopic (exact) mass is 342 g/mol. The van der Waals surface area contributed by atoms with Crippen LogP contribution < -0.4 is 11.1 Å². The molecule has 0 aliphatic heterocycles. The van der Waals surface area contributed by atoms with Crippen molar-refractivity contribution >= 4 is 33.5 Å². The van der Waals surface area contributed by atoms with E-state index < -0.39 is 5.97 Å². The molecule has 0 unspecified atom stereocenters. The molecule has 0 fully saturated rings. The molecule has 20 heavy (non-hydrogen) atoms. The Hall–Kier alpha value is -1.56. The van der Waals surface area contributed by atoms with Crippen LogP contribution in [0.1, 0.15) is 30.6 Å². The molecule has 0 aromatic heterocycles. The maximum Gasteiger partial charge on any atom is 0.338 e. The van der Waals surface area contributed by atoms with Crippen molar-refractivity contribution in [1.82, 2.24) is 5.32 Å². The first-order valence-corrected chi connectivity index (χ1v) is 7.17. The van der Waals surface area contributed by atoms with Crippen molar-refractivity contribution in [3.05, 3.63) is 28.2 Å². The quantitative estimate of drug-likeness (QED) is 0.614. The van der Waals surface area contributed by atoms with Crippen molar-refractivity contribution in [2.75, 3.05) is 18.9 Å². The normalized spacial score (nSPS) is 10.4. The summed E-state index contributed by atoms with van der Waals surface area (Å²) >= 11 is 3.24. The molecule has 3 N–H and O–H groups in total. The summed E-state index contributed by atoms with van der Waals surface area (Å²) in [5, 5.41) is 2.69. The van der Waals surface area contributed by atoms with E-state index in [1.54, 1.807) is 12.1 Å². The molecule has 1 rings (SSSR count). The van der Waals surface area contributed by atoms with E-state index in [1.807, 2.05) is 0 Å². The number of nitrogens with two attached hydrogens (primary N) is 1. The van der Waals surface area contributed by atoms with Crippen molar-refractivity contribution in [2.24, 2.45) is 5.92 Å². The smallest absolute Gasteiger partial charge is 0.338 e. The summed E-state index contributed by atoms with van der Waals surface area (Å²) < 4.78 is 5.62. The van der Waals surface area contributed by atoms with Crippen molar-refractivity contribution < 1.29 is 14.3 Å². The number of ether oxygens (including phenoxy) is 1. The molecule has 0 aliphatic carbocycles. The van der Waals surface area contributed by atoms with Crippen molar-refractivity contribution in [3.8, 4) is 0 Å². The van der Waals surface area contributed by atoms with Crippen LogP contribution in [-0.2, 0) is 9.53 Å². The van der Waals surface area contributed by atoms with Gasteiger partial charge in [0.25, 0.3) is 5.91 Å². The summed E-state index contributed by atoms with van der Waals surface area (Å²) in [5.41, 5.74) is 6.39. The molecule has 0 aliphatic rings. The highest BCUT2D eigenvalue weighted by Gasteiger charge is 2.11. The maximum absolute atomic E-state index is 11.8. The number of hydrogen-bond acceptors (Lipinski definition) is 4.